The van der Waals surface area contributed by atoms with E-state index in [1.807, 2.05) is 24.3 Å². The molecule has 6 nitrogen and oxygen atoms in total. The molecule has 0 radical (unpaired) electrons. The molecular formula is C25H30N2O4S. The van der Waals surface area contributed by atoms with Crippen molar-refractivity contribution in [1.82, 2.24) is 9.62 Å². The third-order valence-corrected chi connectivity index (χ3v) is 9.18. The zero-order valence-electron chi connectivity index (χ0n) is 18.4. The van der Waals surface area contributed by atoms with Crippen LogP contribution >= 0.6 is 0 Å². The molecule has 2 aromatic carbocycles. The molecule has 1 saturated carbocycles. The minimum atomic E-state index is -3.35. The second-order valence-corrected chi connectivity index (χ2v) is 11.1. The Balaban J connectivity index is 1.31. The van der Waals surface area contributed by atoms with Crippen molar-refractivity contribution in [1.29, 1.82) is 0 Å². The van der Waals surface area contributed by atoms with Crippen LogP contribution in [0.5, 0.6) is 0 Å². The van der Waals surface area contributed by atoms with Gasteiger partial charge in [0.2, 0.25) is 10.0 Å². The first-order chi connectivity index (χ1) is 15.4. The standard InChI is InChI=1S/C25H30N2O4S/c1-2-26-32(29,30)17-25-13-7-12-23(25)27(15-14-25)24(28)31-16-22-20-10-5-3-8-18(20)19-9-4-6-11-21(19)22/h3-6,8-11,22-23,26H,2,7,12-17H2,1H3. The minimum absolute atomic E-state index is 0.0245. The molecule has 2 fully saturated rings. The van der Waals surface area contributed by atoms with E-state index in [4.69, 9.17) is 4.74 Å². The molecular weight excluding hydrogens is 424 g/mol. The first-order valence-corrected chi connectivity index (χ1v) is 13.2. The van der Waals surface area contributed by atoms with Crippen LogP contribution in [0.4, 0.5) is 4.79 Å². The molecule has 0 bridgehead atoms. The zero-order valence-corrected chi connectivity index (χ0v) is 19.2. The van der Waals surface area contributed by atoms with Crippen molar-refractivity contribution < 1.29 is 17.9 Å². The molecule has 2 aromatic rings. The fourth-order valence-electron chi connectivity index (χ4n) is 6.18. The average molecular weight is 455 g/mol. The fourth-order valence-corrected chi connectivity index (χ4v) is 7.96. The number of ether oxygens (including phenoxy) is 1. The van der Waals surface area contributed by atoms with Gasteiger partial charge in [0.25, 0.3) is 0 Å². The molecule has 2 unspecified atom stereocenters. The van der Waals surface area contributed by atoms with Crippen molar-refractivity contribution in [2.45, 2.75) is 44.6 Å². The van der Waals surface area contributed by atoms with Crippen LogP contribution in [0.3, 0.4) is 0 Å². The van der Waals surface area contributed by atoms with Gasteiger partial charge in [0, 0.05) is 30.5 Å². The third kappa shape index (κ3) is 3.61. The quantitative estimate of drug-likeness (QED) is 0.712. The summed E-state index contributed by atoms with van der Waals surface area (Å²) in [6, 6.07) is 16.5. The number of fused-ring (bicyclic) bond motifs is 4. The summed E-state index contributed by atoms with van der Waals surface area (Å²) in [7, 11) is -3.35. The van der Waals surface area contributed by atoms with Crippen molar-refractivity contribution in [3.8, 4) is 11.1 Å². The predicted molar refractivity (Wildman–Crippen MR) is 124 cm³/mol. The number of sulfonamides is 1. The van der Waals surface area contributed by atoms with Crippen LogP contribution in [0.15, 0.2) is 48.5 Å². The third-order valence-electron chi connectivity index (χ3n) is 7.50. The molecule has 1 amide bonds. The summed E-state index contributed by atoms with van der Waals surface area (Å²) in [6.45, 7) is 3.03. The SMILES string of the molecule is CCNS(=O)(=O)CC12CCCC1N(C(=O)OCC1c3ccccc3-c3ccccc31)CC2. The van der Waals surface area contributed by atoms with Gasteiger partial charge >= 0.3 is 6.09 Å². The number of likely N-dealkylation sites (tertiary alicyclic amines) is 1. The molecule has 0 aromatic heterocycles. The molecule has 7 heteroatoms. The smallest absolute Gasteiger partial charge is 0.410 e. The lowest BCUT2D eigenvalue weighted by atomic mass is 9.84. The molecule has 1 N–H and O–H groups in total. The molecule has 170 valence electrons. The van der Waals surface area contributed by atoms with E-state index in [1.54, 1.807) is 11.8 Å². The molecule has 2 atom stereocenters. The highest BCUT2D eigenvalue weighted by atomic mass is 32.2. The van der Waals surface area contributed by atoms with Crippen LogP contribution in [-0.2, 0) is 14.8 Å². The Hall–Kier alpha value is -2.38. The van der Waals surface area contributed by atoms with Gasteiger partial charge in [-0.25, -0.2) is 17.9 Å². The minimum Gasteiger partial charge on any atom is -0.448 e. The molecule has 3 aliphatic rings. The second-order valence-electron chi connectivity index (χ2n) is 9.27. The summed E-state index contributed by atoms with van der Waals surface area (Å²) < 4.78 is 33.5. The number of hydrogen-bond acceptors (Lipinski definition) is 4. The Morgan fingerprint density at radius 2 is 1.75 bits per heavy atom. The number of benzene rings is 2. The number of carbonyl (C=O) groups excluding carboxylic acids is 1. The van der Waals surface area contributed by atoms with E-state index in [0.29, 0.717) is 26.1 Å². The van der Waals surface area contributed by atoms with Gasteiger partial charge in [0.05, 0.1) is 5.75 Å². The zero-order chi connectivity index (χ0) is 22.3. The van der Waals surface area contributed by atoms with E-state index >= 15 is 0 Å². The Bertz CT molecular complexity index is 1090. The van der Waals surface area contributed by atoms with Crippen molar-refractivity contribution >= 4 is 16.1 Å². The number of nitrogens with zero attached hydrogens (tertiary/aromatic N) is 1. The highest BCUT2D eigenvalue weighted by Gasteiger charge is 2.54. The van der Waals surface area contributed by atoms with Gasteiger partial charge in [-0.1, -0.05) is 61.9 Å². The summed E-state index contributed by atoms with van der Waals surface area (Å²) in [4.78, 5) is 14.9. The largest absolute Gasteiger partial charge is 0.448 e. The van der Waals surface area contributed by atoms with E-state index in [-0.39, 0.29) is 29.2 Å². The highest BCUT2D eigenvalue weighted by molar-refractivity contribution is 7.89. The maximum atomic E-state index is 13.1. The normalized spacial score (nSPS) is 24.3. The van der Waals surface area contributed by atoms with Gasteiger partial charge in [-0.05, 0) is 41.5 Å². The number of nitrogens with one attached hydrogen (secondary N) is 1. The molecule has 5 rings (SSSR count). The van der Waals surface area contributed by atoms with Crippen LogP contribution < -0.4 is 4.72 Å². The predicted octanol–water partition coefficient (Wildman–Crippen LogP) is 4.12. The summed E-state index contributed by atoms with van der Waals surface area (Å²) in [6.07, 6.45) is 3.02. The van der Waals surface area contributed by atoms with Gasteiger partial charge in [-0.2, -0.15) is 0 Å². The first kappa shape index (κ1) is 21.5. The van der Waals surface area contributed by atoms with E-state index in [1.165, 1.54) is 22.3 Å². The van der Waals surface area contributed by atoms with Gasteiger partial charge in [0.15, 0.2) is 0 Å². The van der Waals surface area contributed by atoms with Crippen molar-refractivity contribution in [3.63, 3.8) is 0 Å². The summed E-state index contributed by atoms with van der Waals surface area (Å²) in [5, 5.41) is 0. The molecule has 1 aliphatic heterocycles. The van der Waals surface area contributed by atoms with Gasteiger partial charge < -0.3 is 9.64 Å². The lowest BCUT2D eigenvalue weighted by molar-refractivity contribution is 0.0886. The van der Waals surface area contributed by atoms with Crippen LogP contribution in [0.1, 0.15) is 49.7 Å². The van der Waals surface area contributed by atoms with Crippen LogP contribution in [0, 0.1) is 5.41 Å². The van der Waals surface area contributed by atoms with E-state index in [0.717, 1.165) is 19.3 Å². The molecule has 1 heterocycles. The van der Waals surface area contributed by atoms with E-state index in [2.05, 4.69) is 29.0 Å². The van der Waals surface area contributed by atoms with Gasteiger partial charge in [-0.15, -0.1) is 0 Å². The fraction of sp³-hybridized carbons (Fsp3) is 0.480. The maximum absolute atomic E-state index is 13.1. The van der Waals surface area contributed by atoms with Gasteiger partial charge in [0.1, 0.15) is 6.61 Å². The summed E-state index contributed by atoms with van der Waals surface area (Å²) in [5.74, 6) is 0.113. The molecule has 32 heavy (non-hydrogen) atoms. The number of amides is 1. The van der Waals surface area contributed by atoms with E-state index < -0.39 is 10.0 Å². The monoisotopic (exact) mass is 454 g/mol. The average Bonchev–Trinajstić information content (AvgIpc) is 3.41. The van der Waals surface area contributed by atoms with Crippen LogP contribution in [0.25, 0.3) is 11.1 Å². The lowest BCUT2D eigenvalue weighted by Gasteiger charge is -2.31. The van der Waals surface area contributed by atoms with Crippen LogP contribution in [0.2, 0.25) is 0 Å². The lowest BCUT2D eigenvalue weighted by Crippen LogP contribution is -2.44. The number of hydrogen-bond donors (Lipinski definition) is 1. The number of rotatable bonds is 6. The Morgan fingerprint density at radius 3 is 2.41 bits per heavy atom. The molecule has 2 aliphatic carbocycles. The van der Waals surface area contributed by atoms with E-state index in [9.17, 15) is 13.2 Å². The summed E-state index contributed by atoms with van der Waals surface area (Å²) >= 11 is 0. The first-order valence-electron chi connectivity index (χ1n) is 11.5. The van der Waals surface area contributed by atoms with Gasteiger partial charge in [-0.3, -0.25) is 0 Å². The second kappa shape index (κ2) is 8.19. The highest BCUT2D eigenvalue weighted by Crippen LogP contribution is 2.50. The topological polar surface area (TPSA) is 75.7 Å². The number of carbonyl (C=O) groups is 1. The maximum Gasteiger partial charge on any atom is 0.410 e. The summed E-state index contributed by atoms with van der Waals surface area (Å²) in [5.41, 5.74) is 4.43. The van der Waals surface area contributed by atoms with Crippen LogP contribution in [-0.4, -0.2) is 50.9 Å². The molecule has 1 saturated heterocycles. The Kier molecular flexibility index (Phi) is 5.50. The Morgan fingerprint density at radius 1 is 1.09 bits per heavy atom. The van der Waals surface area contributed by atoms with Crippen molar-refractivity contribution in [2.24, 2.45) is 5.41 Å². The Labute approximate surface area is 190 Å². The van der Waals surface area contributed by atoms with Crippen molar-refractivity contribution in [3.05, 3.63) is 59.7 Å². The van der Waals surface area contributed by atoms with Crippen molar-refractivity contribution in [2.75, 3.05) is 25.4 Å². The molecule has 0 spiro atoms.